The van der Waals surface area contributed by atoms with Crippen LogP contribution in [0.3, 0.4) is 0 Å². The fourth-order valence-corrected chi connectivity index (χ4v) is 11.7. The third-order valence-corrected chi connectivity index (χ3v) is 15.5. The first-order valence-electron chi connectivity index (χ1n) is 23.0. The van der Waals surface area contributed by atoms with E-state index in [4.69, 9.17) is 4.98 Å². The Hall–Kier alpha value is -5.19. The van der Waals surface area contributed by atoms with Gasteiger partial charge >= 0.3 is 0 Å². The standard InChI is InChI=1S/C47H60N10O5S/c1-48-45(60)42(10-5-27-58)56-32-35-28-39(12-13-41(35)46(56)61)54-25-23-52(24-26-54)31-33-15-19-53(20-16-33)38-8-4-9-40(29-38)63(62)55-21-17-36(18-22-55)50-47-49-30-34-11-14-43(59)57(44(34)51-47)37-6-2-3-7-37/h4,8-9,11-14,27-30,33,36-37,42H,2-3,5-7,10,15-26,31-32H2,1H3,(H,48,60)(H,49,50,51). The number of nitrogens with zero attached hydrogens (tertiary/aromatic N) is 8. The number of nitrogens with one attached hydrogen (secondary N) is 2. The number of carbonyl (C=O) groups is 3. The van der Waals surface area contributed by atoms with Crippen LogP contribution >= 0.6 is 0 Å². The van der Waals surface area contributed by atoms with Gasteiger partial charge in [0, 0.05) is 126 Å². The van der Waals surface area contributed by atoms with Crippen molar-refractivity contribution < 1.29 is 18.6 Å². The Bertz CT molecular complexity index is 2380. The van der Waals surface area contributed by atoms with Crippen molar-refractivity contribution in [3.8, 4) is 0 Å². The molecule has 2 atom stereocenters. The first-order chi connectivity index (χ1) is 30.8. The molecule has 3 saturated heterocycles. The second kappa shape index (κ2) is 19.3. The van der Waals surface area contributed by atoms with Crippen molar-refractivity contribution in [3.63, 3.8) is 0 Å². The smallest absolute Gasteiger partial charge is 0.255 e. The van der Waals surface area contributed by atoms with Gasteiger partial charge < -0.3 is 30.1 Å². The highest BCUT2D eigenvalue weighted by atomic mass is 32.2. The predicted molar refractivity (Wildman–Crippen MR) is 245 cm³/mol. The molecule has 1 saturated carbocycles. The lowest BCUT2D eigenvalue weighted by Crippen LogP contribution is -2.49. The number of amides is 2. The summed E-state index contributed by atoms with van der Waals surface area (Å²) in [6, 6.07) is 17.4. The highest BCUT2D eigenvalue weighted by Crippen LogP contribution is 2.33. The lowest BCUT2D eigenvalue weighted by molar-refractivity contribution is -0.125. The van der Waals surface area contributed by atoms with Crippen molar-refractivity contribution in [2.45, 2.75) is 93.8 Å². The molecule has 16 heteroatoms. The molecule has 9 rings (SSSR count). The number of rotatable bonds is 14. The number of hydrogen-bond acceptors (Lipinski definition) is 11. The maximum atomic E-state index is 13.9. The van der Waals surface area contributed by atoms with E-state index in [1.165, 1.54) is 0 Å². The summed E-state index contributed by atoms with van der Waals surface area (Å²) in [5.41, 5.74) is 4.51. The highest BCUT2D eigenvalue weighted by Gasteiger charge is 2.36. The van der Waals surface area contributed by atoms with Gasteiger partial charge in [0.25, 0.3) is 11.5 Å². The van der Waals surface area contributed by atoms with Gasteiger partial charge in [-0.1, -0.05) is 18.9 Å². The van der Waals surface area contributed by atoms with Gasteiger partial charge in [-0.15, -0.1) is 0 Å². The number of piperazine rings is 1. The number of benzene rings is 2. The van der Waals surface area contributed by atoms with E-state index in [-0.39, 0.29) is 35.9 Å². The maximum Gasteiger partial charge on any atom is 0.255 e. The van der Waals surface area contributed by atoms with Crippen LogP contribution in [0.1, 0.15) is 86.2 Å². The Balaban J connectivity index is 0.725. The number of pyridine rings is 1. The molecule has 4 aromatic rings. The van der Waals surface area contributed by atoms with Crippen LogP contribution < -0.4 is 26.0 Å². The average Bonchev–Trinajstić information content (AvgIpc) is 3.97. The molecule has 2 aromatic carbocycles. The molecule has 6 heterocycles. The maximum absolute atomic E-state index is 13.9. The van der Waals surface area contributed by atoms with Crippen LogP contribution in [-0.4, -0.2) is 129 Å². The molecule has 1 aliphatic carbocycles. The summed E-state index contributed by atoms with van der Waals surface area (Å²) in [4.78, 5) is 69.1. The monoisotopic (exact) mass is 876 g/mol. The topological polar surface area (TPSA) is 156 Å². The molecule has 0 bridgehead atoms. The van der Waals surface area contributed by atoms with Gasteiger partial charge in [0.05, 0.1) is 4.90 Å². The van der Waals surface area contributed by atoms with E-state index in [1.807, 2.05) is 41.1 Å². The van der Waals surface area contributed by atoms with Crippen LogP contribution in [-0.2, 0) is 27.1 Å². The van der Waals surface area contributed by atoms with E-state index in [9.17, 15) is 23.4 Å². The summed E-state index contributed by atoms with van der Waals surface area (Å²) in [6.45, 7) is 8.60. The second-order valence-electron chi connectivity index (χ2n) is 17.9. The normalized spacial score (nSPS) is 20.6. The first-order valence-corrected chi connectivity index (χ1v) is 24.1. The SMILES string of the molecule is CNC(=O)C(CCC=O)N1Cc2cc(N3CCN(CC4CCN(c5cccc(S(=O)N6CCC(Nc7ncc8ccc(=O)n(C9CCCC9)c8n7)CC6)c5)CC4)CC3)ccc2C1=O. The van der Waals surface area contributed by atoms with Gasteiger partial charge in [0.15, 0.2) is 0 Å². The molecule has 4 fully saturated rings. The lowest BCUT2D eigenvalue weighted by Gasteiger charge is -2.40. The molecule has 0 spiro atoms. The fraction of sp³-hybridized carbons (Fsp3) is 0.532. The molecule has 0 radical (unpaired) electrons. The van der Waals surface area contributed by atoms with E-state index >= 15 is 0 Å². The second-order valence-corrected chi connectivity index (χ2v) is 19.4. The largest absolute Gasteiger partial charge is 0.371 e. The molecule has 63 heavy (non-hydrogen) atoms. The number of aldehydes is 1. The summed E-state index contributed by atoms with van der Waals surface area (Å²) in [5.74, 6) is 0.770. The van der Waals surface area contributed by atoms with E-state index in [2.05, 4.69) is 52.8 Å². The highest BCUT2D eigenvalue weighted by molar-refractivity contribution is 7.82. The molecule has 334 valence electrons. The zero-order valence-corrected chi connectivity index (χ0v) is 37.1. The molecule has 2 amide bonds. The molecular formula is C47H60N10O5S. The lowest BCUT2D eigenvalue weighted by atomic mass is 9.95. The van der Waals surface area contributed by atoms with Crippen LogP contribution in [0.5, 0.6) is 0 Å². The third-order valence-electron chi connectivity index (χ3n) is 14.0. The van der Waals surface area contributed by atoms with E-state index in [1.54, 1.807) is 18.0 Å². The van der Waals surface area contributed by atoms with Gasteiger partial charge in [-0.3, -0.25) is 23.9 Å². The Morgan fingerprint density at radius 2 is 1.62 bits per heavy atom. The van der Waals surface area contributed by atoms with Gasteiger partial charge in [-0.2, -0.15) is 4.98 Å². The van der Waals surface area contributed by atoms with E-state index < -0.39 is 17.0 Å². The van der Waals surface area contributed by atoms with Crippen LogP contribution in [0.4, 0.5) is 17.3 Å². The summed E-state index contributed by atoms with van der Waals surface area (Å²) >= 11 is 0. The van der Waals surface area contributed by atoms with Crippen molar-refractivity contribution in [3.05, 3.63) is 82.3 Å². The number of carbonyl (C=O) groups excluding carboxylic acids is 3. The summed E-state index contributed by atoms with van der Waals surface area (Å²) in [6.07, 6.45) is 11.3. The van der Waals surface area contributed by atoms with Crippen molar-refractivity contribution >= 4 is 57.4 Å². The van der Waals surface area contributed by atoms with Crippen molar-refractivity contribution in [1.82, 2.24) is 34.0 Å². The summed E-state index contributed by atoms with van der Waals surface area (Å²) in [7, 11) is 0.305. The first kappa shape index (κ1) is 43.1. The van der Waals surface area contributed by atoms with Crippen LogP contribution in [0.25, 0.3) is 11.0 Å². The third kappa shape index (κ3) is 9.39. The minimum atomic E-state index is -1.25. The molecule has 15 nitrogen and oxygen atoms in total. The zero-order chi connectivity index (χ0) is 43.5. The predicted octanol–water partition coefficient (Wildman–Crippen LogP) is 4.59. The molecule has 4 aliphatic heterocycles. The minimum Gasteiger partial charge on any atom is -0.371 e. The van der Waals surface area contributed by atoms with Gasteiger partial charge in [0.1, 0.15) is 29.0 Å². The van der Waals surface area contributed by atoms with E-state index in [0.717, 1.165) is 131 Å². The Morgan fingerprint density at radius 3 is 2.37 bits per heavy atom. The summed E-state index contributed by atoms with van der Waals surface area (Å²) in [5, 5.41) is 7.05. The van der Waals surface area contributed by atoms with Crippen molar-refractivity contribution in [2.75, 3.05) is 81.1 Å². The zero-order valence-electron chi connectivity index (χ0n) is 36.3. The van der Waals surface area contributed by atoms with Gasteiger partial charge in [-0.25, -0.2) is 13.5 Å². The number of piperidine rings is 2. The molecule has 2 N–H and O–H groups in total. The van der Waals surface area contributed by atoms with Crippen LogP contribution in [0, 0.1) is 5.92 Å². The van der Waals surface area contributed by atoms with Gasteiger partial charge in [-0.05, 0) is 98.9 Å². The average molecular weight is 877 g/mol. The Kier molecular flexibility index (Phi) is 13.2. The minimum absolute atomic E-state index is 0.000579. The number of likely N-dealkylation sites (N-methyl/N-ethyl adjacent to an activating group) is 1. The number of aromatic nitrogens is 3. The van der Waals surface area contributed by atoms with E-state index in [0.29, 0.717) is 49.1 Å². The van der Waals surface area contributed by atoms with Crippen LogP contribution in [0.15, 0.2) is 70.5 Å². The fourth-order valence-electron chi connectivity index (χ4n) is 10.4. The number of anilines is 3. The molecule has 5 aliphatic rings. The molecular weight excluding hydrogens is 817 g/mol. The van der Waals surface area contributed by atoms with Crippen molar-refractivity contribution in [2.24, 2.45) is 5.92 Å². The van der Waals surface area contributed by atoms with Crippen LogP contribution in [0.2, 0.25) is 0 Å². The number of hydrogen-bond donors (Lipinski definition) is 2. The van der Waals surface area contributed by atoms with Crippen molar-refractivity contribution in [1.29, 1.82) is 0 Å². The number of fused-ring (bicyclic) bond motifs is 2. The van der Waals surface area contributed by atoms with Gasteiger partial charge in [0.2, 0.25) is 11.9 Å². The Labute approximate surface area is 371 Å². The molecule has 2 aromatic heterocycles. The quantitative estimate of drug-likeness (QED) is 0.171. The summed E-state index contributed by atoms with van der Waals surface area (Å²) < 4.78 is 17.8. The Morgan fingerprint density at radius 1 is 0.873 bits per heavy atom. The molecule has 2 unspecified atom stereocenters.